The highest BCUT2D eigenvalue weighted by Crippen LogP contribution is 2.33. The summed E-state index contributed by atoms with van der Waals surface area (Å²) in [4.78, 5) is 0. The summed E-state index contributed by atoms with van der Waals surface area (Å²) in [5, 5.41) is 3.47. The van der Waals surface area contributed by atoms with Crippen molar-refractivity contribution >= 4 is 0 Å². The van der Waals surface area contributed by atoms with Crippen molar-refractivity contribution in [2.45, 2.75) is 51.2 Å². The first-order valence-electron chi connectivity index (χ1n) is 8.63. The molecule has 122 valence electrons. The Morgan fingerprint density at radius 2 is 1.95 bits per heavy atom. The standard InChI is InChI=1S/C18H27NO3/c1-2-7-16(8-3-1)20-11-5-10-19-14-15-6-4-9-17-18(15)22-13-12-21-17/h4,6,9,16,19H,1-3,5,7-8,10-14H2. The number of nitrogens with one attached hydrogen (secondary N) is 1. The zero-order chi connectivity index (χ0) is 15.0. The third-order valence-corrected chi connectivity index (χ3v) is 4.37. The topological polar surface area (TPSA) is 39.7 Å². The van der Waals surface area contributed by atoms with Crippen LogP contribution in [0.1, 0.15) is 44.1 Å². The molecule has 0 aromatic heterocycles. The number of rotatable bonds is 7. The average molecular weight is 305 g/mol. The Balaban J connectivity index is 1.33. The number of fused-ring (bicyclic) bond motifs is 1. The van der Waals surface area contributed by atoms with E-state index < -0.39 is 0 Å². The highest BCUT2D eigenvalue weighted by Gasteiger charge is 2.15. The first kappa shape index (κ1) is 15.6. The van der Waals surface area contributed by atoms with E-state index in [0.29, 0.717) is 19.3 Å². The molecule has 0 atom stereocenters. The molecule has 1 aliphatic carbocycles. The van der Waals surface area contributed by atoms with Crippen molar-refractivity contribution in [3.8, 4) is 11.5 Å². The fraction of sp³-hybridized carbons (Fsp3) is 0.667. The largest absolute Gasteiger partial charge is 0.486 e. The monoisotopic (exact) mass is 305 g/mol. The highest BCUT2D eigenvalue weighted by atomic mass is 16.6. The number of para-hydroxylation sites is 1. The second kappa shape index (κ2) is 8.39. The summed E-state index contributed by atoms with van der Waals surface area (Å²) >= 11 is 0. The van der Waals surface area contributed by atoms with Gasteiger partial charge in [-0.05, 0) is 31.9 Å². The average Bonchev–Trinajstić information content (AvgIpc) is 2.59. The molecule has 1 fully saturated rings. The van der Waals surface area contributed by atoms with Gasteiger partial charge >= 0.3 is 0 Å². The van der Waals surface area contributed by atoms with Crippen molar-refractivity contribution < 1.29 is 14.2 Å². The molecule has 0 unspecified atom stereocenters. The van der Waals surface area contributed by atoms with E-state index in [1.165, 1.54) is 37.7 Å². The van der Waals surface area contributed by atoms with E-state index in [1.54, 1.807) is 0 Å². The van der Waals surface area contributed by atoms with Crippen LogP contribution < -0.4 is 14.8 Å². The summed E-state index contributed by atoms with van der Waals surface area (Å²) in [5.41, 5.74) is 1.17. The zero-order valence-corrected chi connectivity index (χ0v) is 13.3. The van der Waals surface area contributed by atoms with Crippen LogP contribution in [-0.2, 0) is 11.3 Å². The lowest BCUT2D eigenvalue weighted by Gasteiger charge is -2.22. The molecular formula is C18H27NO3. The quantitative estimate of drug-likeness (QED) is 0.785. The van der Waals surface area contributed by atoms with E-state index in [1.807, 2.05) is 12.1 Å². The summed E-state index contributed by atoms with van der Waals surface area (Å²) in [6.07, 6.45) is 8.13. The van der Waals surface area contributed by atoms with Gasteiger partial charge < -0.3 is 19.5 Å². The van der Waals surface area contributed by atoms with Gasteiger partial charge in [0, 0.05) is 18.7 Å². The number of benzene rings is 1. The molecule has 4 heteroatoms. The van der Waals surface area contributed by atoms with Crippen LogP contribution in [0.25, 0.3) is 0 Å². The number of hydrogen-bond acceptors (Lipinski definition) is 4. The van der Waals surface area contributed by atoms with E-state index in [0.717, 1.165) is 37.6 Å². The fourth-order valence-electron chi connectivity index (χ4n) is 3.18. The lowest BCUT2D eigenvalue weighted by molar-refractivity contribution is 0.0273. The predicted octanol–water partition coefficient (Wildman–Crippen LogP) is 3.29. The van der Waals surface area contributed by atoms with Gasteiger partial charge in [0.2, 0.25) is 0 Å². The van der Waals surface area contributed by atoms with Crippen molar-refractivity contribution in [2.75, 3.05) is 26.4 Å². The molecule has 1 aromatic carbocycles. The van der Waals surface area contributed by atoms with E-state index in [9.17, 15) is 0 Å². The van der Waals surface area contributed by atoms with Crippen molar-refractivity contribution in [2.24, 2.45) is 0 Å². The van der Waals surface area contributed by atoms with E-state index >= 15 is 0 Å². The van der Waals surface area contributed by atoms with Gasteiger partial charge in [-0.3, -0.25) is 0 Å². The van der Waals surface area contributed by atoms with Crippen LogP contribution >= 0.6 is 0 Å². The smallest absolute Gasteiger partial charge is 0.165 e. The predicted molar refractivity (Wildman–Crippen MR) is 86.6 cm³/mol. The second-order valence-electron chi connectivity index (χ2n) is 6.10. The van der Waals surface area contributed by atoms with Crippen molar-refractivity contribution in [1.82, 2.24) is 5.32 Å². The molecule has 1 aromatic rings. The van der Waals surface area contributed by atoms with Crippen LogP contribution in [0.15, 0.2) is 18.2 Å². The first-order chi connectivity index (χ1) is 10.9. The van der Waals surface area contributed by atoms with Gasteiger partial charge in [-0.2, -0.15) is 0 Å². The first-order valence-corrected chi connectivity index (χ1v) is 8.63. The molecule has 0 amide bonds. The van der Waals surface area contributed by atoms with Crippen molar-refractivity contribution in [1.29, 1.82) is 0 Å². The molecular weight excluding hydrogens is 278 g/mol. The Kier molecular flexibility index (Phi) is 5.96. The summed E-state index contributed by atoms with van der Waals surface area (Å²) in [6.45, 7) is 3.93. The second-order valence-corrected chi connectivity index (χ2v) is 6.10. The molecule has 22 heavy (non-hydrogen) atoms. The molecule has 1 N–H and O–H groups in total. The summed E-state index contributed by atoms with van der Waals surface area (Å²) in [6, 6.07) is 6.09. The van der Waals surface area contributed by atoms with Gasteiger partial charge in [0.15, 0.2) is 11.5 Å². The maximum Gasteiger partial charge on any atom is 0.165 e. The molecule has 1 heterocycles. The van der Waals surface area contributed by atoms with Crippen LogP contribution in [0.4, 0.5) is 0 Å². The van der Waals surface area contributed by atoms with Gasteiger partial charge in [-0.1, -0.05) is 31.4 Å². The maximum atomic E-state index is 5.94. The summed E-state index contributed by atoms with van der Waals surface area (Å²) in [5.74, 6) is 1.77. The molecule has 0 saturated heterocycles. The lowest BCUT2D eigenvalue weighted by atomic mass is 9.98. The SMILES string of the molecule is c1cc(CNCCCOC2CCCCC2)c2c(c1)OCCO2. The Bertz CT molecular complexity index is 458. The highest BCUT2D eigenvalue weighted by molar-refractivity contribution is 5.47. The molecule has 0 bridgehead atoms. The minimum absolute atomic E-state index is 0.514. The Labute approximate surface area is 133 Å². The Morgan fingerprint density at radius 3 is 2.86 bits per heavy atom. The molecule has 0 spiro atoms. The zero-order valence-electron chi connectivity index (χ0n) is 13.3. The van der Waals surface area contributed by atoms with Crippen LogP contribution in [0.3, 0.4) is 0 Å². The van der Waals surface area contributed by atoms with Gasteiger partial charge in [0.05, 0.1) is 6.10 Å². The van der Waals surface area contributed by atoms with Crippen LogP contribution in [0.5, 0.6) is 11.5 Å². The van der Waals surface area contributed by atoms with E-state index in [-0.39, 0.29) is 0 Å². The van der Waals surface area contributed by atoms with Crippen LogP contribution in [0, 0.1) is 0 Å². The normalized spacial score (nSPS) is 18.4. The Hall–Kier alpha value is -1.26. The molecule has 2 aliphatic rings. The Morgan fingerprint density at radius 1 is 1.09 bits per heavy atom. The van der Waals surface area contributed by atoms with Gasteiger partial charge in [0.25, 0.3) is 0 Å². The van der Waals surface area contributed by atoms with E-state index in [2.05, 4.69) is 11.4 Å². The summed E-state index contributed by atoms with van der Waals surface area (Å²) < 4.78 is 17.3. The maximum absolute atomic E-state index is 5.94. The van der Waals surface area contributed by atoms with Crippen molar-refractivity contribution in [3.63, 3.8) is 0 Å². The van der Waals surface area contributed by atoms with Crippen molar-refractivity contribution in [3.05, 3.63) is 23.8 Å². The van der Waals surface area contributed by atoms with Gasteiger partial charge in [0.1, 0.15) is 13.2 Å². The minimum Gasteiger partial charge on any atom is -0.486 e. The van der Waals surface area contributed by atoms with Gasteiger partial charge in [-0.25, -0.2) is 0 Å². The third kappa shape index (κ3) is 4.37. The lowest BCUT2D eigenvalue weighted by Crippen LogP contribution is -2.22. The van der Waals surface area contributed by atoms with E-state index in [4.69, 9.17) is 14.2 Å². The number of ether oxygens (including phenoxy) is 3. The van der Waals surface area contributed by atoms with Crippen LogP contribution in [-0.4, -0.2) is 32.5 Å². The molecule has 0 radical (unpaired) electrons. The minimum atomic E-state index is 0.514. The summed E-state index contributed by atoms with van der Waals surface area (Å²) in [7, 11) is 0. The number of hydrogen-bond donors (Lipinski definition) is 1. The fourth-order valence-corrected chi connectivity index (χ4v) is 3.18. The molecule has 4 nitrogen and oxygen atoms in total. The molecule has 1 saturated carbocycles. The molecule has 1 aliphatic heterocycles. The third-order valence-electron chi connectivity index (χ3n) is 4.37. The van der Waals surface area contributed by atoms with Crippen LogP contribution in [0.2, 0.25) is 0 Å². The van der Waals surface area contributed by atoms with Gasteiger partial charge in [-0.15, -0.1) is 0 Å². The molecule has 3 rings (SSSR count).